The number of morpholine rings is 1. The molecule has 4 aromatic rings. The molecule has 0 saturated carbocycles. The number of hydrogen-bond donors (Lipinski definition) is 2. The number of amides is 1. The first-order chi connectivity index (χ1) is 17.2. The van der Waals surface area contributed by atoms with Gasteiger partial charge in [-0.3, -0.25) is 9.69 Å². The Morgan fingerprint density at radius 1 is 1.09 bits per heavy atom. The lowest BCUT2D eigenvalue weighted by molar-refractivity contribution is -0.135. The van der Waals surface area contributed by atoms with Gasteiger partial charge in [0.05, 0.1) is 29.1 Å². The van der Waals surface area contributed by atoms with Gasteiger partial charge in [-0.1, -0.05) is 12.1 Å². The van der Waals surface area contributed by atoms with Crippen molar-refractivity contribution in [3.8, 4) is 11.3 Å². The van der Waals surface area contributed by atoms with Crippen molar-refractivity contribution >= 4 is 44.3 Å². The van der Waals surface area contributed by atoms with Gasteiger partial charge in [-0.2, -0.15) is 0 Å². The molecule has 35 heavy (non-hydrogen) atoms. The molecule has 1 amide bonds. The molecule has 2 fully saturated rings. The van der Waals surface area contributed by atoms with Crippen LogP contribution in [-0.2, 0) is 16.1 Å². The SMILES string of the molecule is O=C(CO)N1CCN(Cc2csc3c(-c4cccc5[nH]ccc45)nc(N4CCOCC4)nc23)CC1. The molecular formula is C25H28N6O3S. The molecule has 2 aliphatic heterocycles. The summed E-state index contributed by atoms with van der Waals surface area (Å²) in [4.78, 5) is 31.6. The van der Waals surface area contributed by atoms with Crippen LogP contribution in [0.25, 0.3) is 32.4 Å². The van der Waals surface area contributed by atoms with Gasteiger partial charge in [0.1, 0.15) is 6.61 Å². The molecule has 0 atom stereocenters. The van der Waals surface area contributed by atoms with Crippen molar-refractivity contribution in [2.24, 2.45) is 0 Å². The predicted molar refractivity (Wildman–Crippen MR) is 137 cm³/mol. The number of benzene rings is 1. The molecule has 3 aromatic heterocycles. The van der Waals surface area contributed by atoms with E-state index in [1.807, 2.05) is 6.20 Å². The number of piperazine rings is 1. The highest BCUT2D eigenvalue weighted by Crippen LogP contribution is 2.38. The standard InChI is InChI=1S/C25H28N6O3S/c32-15-21(33)30-8-6-29(7-9-30)14-17-16-35-24-22(17)27-25(31-10-12-34-13-11-31)28-23(24)19-2-1-3-20-18(19)4-5-26-20/h1-5,16,26,32H,6-15H2. The molecule has 2 saturated heterocycles. The monoisotopic (exact) mass is 492 g/mol. The second-order valence-corrected chi connectivity index (χ2v) is 9.85. The van der Waals surface area contributed by atoms with Gasteiger partial charge in [-0.05, 0) is 17.5 Å². The topological polar surface area (TPSA) is 97.8 Å². The van der Waals surface area contributed by atoms with Crippen LogP contribution in [0.1, 0.15) is 5.56 Å². The van der Waals surface area contributed by atoms with Gasteiger partial charge < -0.3 is 24.6 Å². The van der Waals surface area contributed by atoms with Crippen LogP contribution in [-0.4, -0.2) is 94.9 Å². The van der Waals surface area contributed by atoms with Gasteiger partial charge in [0.2, 0.25) is 11.9 Å². The molecule has 0 spiro atoms. The fraction of sp³-hybridized carbons (Fsp3) is 0.400. The third-order valence-electron chi connectivity index (χ3n) is 6.88. The van der Waals surface area contributed by atoms with Crippen molar-refractivity contribution in [1.82, 2.24) is 24.8 Å². The normalized spacial score (nSPS) is 17.5. The molecule has 182 valence electrons. The minimum atomic E-state index is -0.424. The van der Waals surface area contributed by atoms with E-state index in [0.717, 1.165) is 71.0 Å². The van der Waals surface area contributed by atoms with Gasteiger partial charge in [-0.25, -0.2) is 9.97 Å². The van der Waals surface area contributed by atoms with Crippen molar-refractivity contribution < 1.29 is 14.6 Å². The van der Waals surface area contributed by atoms with Crippen molar-refractivity contribution in [2.45, 2.75) is 6.54 Å². The van der Waals surface area contributed by atoms with Crippen LogP contribution in [0.5, 0.6) is 0 Å². The maximum Gasteiger partial charge on any atom is 0.248 e. The number of carbonyl (C=O) groups excluding carboxylic acids is 1. The second-order valence-electron chi connectivity index (χ2n) is 8.97. The van der Waals surface area contributed by atoms with Crippen LogP contribution in [0.15, 0.2) is 35.8 Å². The van der Waals surface area contributed by atoms with Gasteiger partial charge in [0.25, 0.3) is 0 Å². The summed E-state index contributed by atoms with van der Waals surface area (Å²) in [5.74, 6) is 0.554. The van der Waals surface area contributed by atoms with Crippen molar-refractivity contribution in [2.75, 3.05) is 64.0 Å². The Morgan fingerprint density at radius 3 is 2.71 bits per heavy atom. The number of aromatic amines is 1. The van der Waals surface area contributed by atoms with E-state index >= 15 is 0 Å². The van der Waals surface area contributed by atoms with E-state index in [9.17, 15) is 4.79 Å². The molecular weight excluding hydrogens is 464 g/mol. The summed E-state index contributed by atoms with van der Waals surface area (Å²) in [5.41, 5.74) is 5.36. The summed E-state index contributed by atoms with van der Waals surface area (Å²) in [5, 5.41) is 12.5. The van der Waals surface area contributed by atoms with E-state index < -0.39 is 6.61 Å². The highest BCUT2D eigenvalue weighted by atomic mass is 32.1. The Hall–Kier alpha value is -3.05. The average Bonchev–Trinajstić information content (AvgIpc) is 3.56. The number of nitrogens with zero attached hydrogens (tertiary/aromatic N) is 5. The highest BCUT2D eigenvalue weighted by molar-refractivity contribution is 7.17. The minimum absolute atomic E-state index is 0.197. The smallest absolute Gasteiger partial charge is 0.248 e. The molecule has 0 unspecified atom stereocenters. The van der Waals surface area contributed by atoms with Crippen LogP contribution in [0.3, 0.4) is 0 Å². The first-order valence-corrected chi connectivity index (χ1v) is 12.9. The predicted octanol–water partition coefficient (Wildman–Crippen LogP) is 2.31. The first kappa shape index (κ1) is 22.4. The highest BCUT2D eigenvalue weighted by Gasteiger charge is 2.24. The van der Waals surface area contributed by atoms with Crippen LogP contribution in [0, 0.1) is 0 Å². The third kappa shape index (κ3) is 4.27. The summed E-state index contributed by atoms with van der Waals surface area (Å²) < 4.78 is 6.66. The van der Waals surface area contributed by atoms with Gasteiger partial charge in [-0.15, -0.1) is 11.3 Å². The van der Waals surface area contributed by atoms with Crippen molar-refractivity contribution in [1.29, 1.82) is 0 Å². The van der Waals surface area contributed by atoms with E-state index in [1.165, 1.54) is 5.56 Å². The Balaban J connectivity index is 1.38. The van der Waals surface area contributed by atoms with Gasteiger partial charge >= 0.3 is 0 Å². The van der Waals surface area contributed by atoms with E-state index in [2.05, 4.69) is 44.4 Å². The summed E-state index contributed by atoms with van der Waals surface area (Å²) in [6, 6.07) is 8.39. The molecule has 0 radical (unpaired) electrons. The maximum atomic E-state index is 11.8. The maximum absolute atomic E-state index is 11.8. The number of rotatable bonds is 5. The number of thiophene rings is 1. The number of hydrogen-bond acceptors (Lipinski definition) is 8. The number of ether oxygens (including phenoxy) is 1. The Labute approximate surface area is 206 Å². The number of anilines is 1. The molecule has 0 aliphatic carbocycles. The molecule has 2 aliphatic rings. The summed E-state index contributed by atoms with van der Waals surface area (Å²) >= 11 is 1.70. The molecule has 2 N–H and O–H groups in total. The van der Waals surface area contributed by atoms with Crippen LogP contribution < -0.4 is 4.90 Å². The fourth-order valence-corrected chi connectivity index (χ4v) is 5.94. The lowest BCUT2D eigenvalue weighted by atomic mass is 10.1. The summed E-state index contributed by atoms with van der Waals surface area (Å²) in [7, 11) is 0. The largest absolute Gasteiger partial charge is 0.387 e. The molecule has 9 nitrogen and oxygen atoms in total. The number of carbonyl (C=O) groups is 1. The second kappa shape index (κ2) is 9.54. The fourth-order valence-electron chi connectivity index (χ4n) is 4.94. The number of H-pyrrole nitrogens is 1. The van der Waals surface area contributed by atoms with E-state index in [0.29, 0.717) is 26.3 Å². The number of fused-ring (bicyclic) bond motifs is 2. The zero-order valence-corrected chi connectivity index (χ0v) is 20.3. The van der Waals surface area contributed by atoms with E-state index in [-0.39, 0.29) is 5.91 Å². The van der Waals surface area contributed by atoms with Crippen LogP contribution in [0.2, 0.25) is 0 Å². The molecule has 6 rings (SSSR count). The number of aliphatic hydroxyl groups excluding tert-OH is 1. The van der Waals surface area contributed by atoms with Crippen LogP contribution >= 0.6 is 11.3 Å². The van der Waals surface area contributed by atoms with Gasteiger partial charge in [0, 0.05) is 74.0 Å². The van der Waals surface area contributed by atoms with E-state index in [1.54, 1.807) is 16.2 Å². The Bertz CT molecular complexity index is 1350. The average molecular weight is 493 g/mol. The summed E-state index contributed by atoms with van der Waals surface area (Å²) in [6.07, 6.45) is 1.97. The van der Waals surface area contributed by atoms with E-state index in [4.69, 9.17) is 19.8 Å². The minimum Gasteiger partial charge on any atom is -0.387 e. The van der Waals surface area contributed by atoms with Crippen molar-refractivity contribution in [3.05, 3.63) is 41.4 Å². The van der Waals surface area contributed by atoms with Gasteiger partial charge in [0.15, 0.2) is 0 Å². The number of nitrogens with one attached hydrogen (secondary N) is 1. The molecule has 0 bridgehead atoms. The van der Waals surface area contributed by atoms with Crippen molar-refractivity contribution in [3.63, 3.8) is 0 Å². The molecule has 1 aromatic carbocycles. The zero-order valence-electron chi connectivity index (χ0n) is 19.4. The zero-order chi connectivity index (χ0) is 23.8. The van der Waals surface area contributed by atoms with Crippen LogP contribution in [0.4, 0.5) is 5.95 Å². The number of aliphatic hydroxyl groups is 1. The lowest BCUT2D eigenvalue weighted by Gasteiger charge is -2.34. The third-order valence-corrected chi connectivity index (χ3v) is 7.90. The molecule has 10 heteroatoms. The Morgan fingerprint density at radius 2 is 1.91 bits per heavy atom. The quantitative estimate of drug-likeness (QED) is 0.441. The summed E-state index contributed by atoms with van der Waals surface area (Å²) in [6.45, 7) is 6.09. The first-order valence-electron chi connectivity index (χ1n) is 12.0. The lowest BCUT2D eigenvalue weighted by Crippen LogP contribution is -2.49. The molecule has 5 heterocycles. The Kier molecular flexibility index (Phi) is 6.11. The number of aromatic nitrogens is 3.